The van der Waals surface area contributed by atoms with Gasteiger partial charge in [-0.1, -0.05) is 6.92 Å². The Kier molecular flexibility index (Phi) is 4.26. The molecule has 2 rings (SSSR count). The quantitative estimate of drug-likeness (QED) is 0.856. The molecular formula is C15H17NO5. The Morgan fingerprint density at radius 1 is 1.05 bits per heavy atom. The summed E-state index contributed by atoms with van der Waals surface area (Å²) in [5, 5.41) is 2.72. The van der Waals surface area contributed by atoms with Crippen LogP contribution in [0.4, 0.5) is 5.69 Å². The molecule has 0 unspecified atom stereocenters. The maximum atomic E-state index is 11.9. The van der Waals surface area contributed by atoms with E-state index in [0.29, 0.717) is 11.6 Å². The van der Waals surface area contributed by atoms with Gasteiger partial charge in [-0.25, -0.2) is 9.59 Å². The summed E-state index contributed by atoms with van der Waals surface area (Å²) in [5.74, 6) is -0.922. The van der Waals surface area contributed by atoms with E-state index in [4.69, 9.17) is 0 Å². The lowest BCUT2D eigenvalue weighted by atomic mass is 10.1. The van der Waals surface area contributed by atoms with E-state index in [9.17, 15) is 14.4 Å². The first-order valence-electron chi connectivity index (χ1n) is 6.59. The maximum Gasteiger partial charge on any atom is 0.337 e. The number of methoxy groups -OCH3 is 2. The zero-order valence-electron chi connectivity index (χ0n) is 12.1. The van der Waals surface area contributed by atoms with E-state index in [1.165, 1.54) is 32.4 Å². The highest BCUT2D eigenvalue weighted by molar-refractivity contribution is 6.00. The molecule has 2 atom stereocenters. The average molecular weight is 291 g/mol. The molecule has 1 amide bonds. The number of rotatable bonds is 4. The Balaban J connectivity index is 2.28. The Hall–Kier alpha value is -2.37. The monoisotopic (exact) mass is 291 g/mol. The van der Waals surface area contributed by atoms with Crippen molar-refractivity contribution >= 4 is 23.5 Å². The fraction of sp³-hybridized carbons (Fsp3) is 0.400. The predicted molar refractivity (Wildman–Crippen MR) is 75.0 cm³/mol. The molecule has 1 aromatic rings. The van der Waals surface area contributed by atoms with E-state index in [0.717, 1.165) is 6.42 Å². The van der Waals surface area contributed by atoms with Crippen LogP contribution in [0, 0.1) is 11.8 Å². The van der Waals surface area contributed by atoms with Gasteiger partial charge in [-0.15, -0.1) is 0 Å². The molecule has 0 radical (unpaired) electrons. The number of carbonyl (C=O) groups excluding carboxylic acids is 3. The van der Waals surface area contributed by atoms with Gasteiger partial charge in [0.15, 0.2) is 0 Å². The van der Waals surface area contributed by atoms with E-state index in [1.807, 2.05) is 6.92 Å². The summed E-state index contributed by atoms with van der Waals surface area (Å²) < 4.78 is 9.28. The molecule has 0 aliphatic heterocycles. The van der Waals surface area contributed by atoms with E-state index in [-0.39, 0.29) is 23.0 Å². The van der Waals surface area contributed by atoms with Crippen LogP contribution in [0.3, 0.4) is 0 Å². The molecule has 1 N–H and O–H groups in total. The second-order valence-corrected chi connectivity index (χ2v) is 5.09. The molecule has 0 spiro atoms. The molecule has 1 aliphatic rings. The SMILES string of the molecule is COC(=O)c1cc(NC(=O)[C@H]2C[C@H]2C)cc(C(=O)OC)c1. The second kappa shape index (κ2) is 5.95. The van der Waals surface area contributed by atoms with Gasteiger partial charge in [0.25, 0.3) is 0 Å². The maximum absolute atomic E-state index is 11.9. The normalized spacial score (nSPS) is 19.6. The standard InChI is InChI=1S/C15H17NO5/c1-8-4-12(8)13(17)16-11-6-9(14(18)20-2)5-10(7-11)15(19)21-3/h5-8,12H,4H2,1-3H3,(H,16,17)/t8-,12+/m1/s1. The molecule has 1 aromatic carbocycles. The van der Waals surface area contributed by atoms with Gasteiger partial charge in [-0.2, -0.15) is 0 Å². The molecule has 0 aromatic heterocycles. The number of esters is 2. The third-order valence-electron chi connectivity index (χ3n) is 3.49. The topological polar surface area (TPSA) is 81.7 Å². The highest BCUT2D eigenvalue weighted by atomic mass is 16.5. The summed E-state index contributed by atoms with van der Waals surface area (Å²) in [6.07, 6.45) is 0.854. The van der Waals surface area contributed by atoms with Crippen LogP contribution >= 0.6 is 0 Å². The summed E-state index contributed by atoms with van der Waals surface area (Å²) >= 11 is 0. The molecule has 1 fully saturated rings. The van der Waals surface area contributed by atoms with Crippen molar-refractivity contribution in [2.45, 2.75) is 13.3 Å². The molecule has 0 heterocycles. The minimum absolute atomic E-state index is 0.00615. The Morgan fingerprint density at radius 3 is 1.90 bits per heavy atom. The number of benzene rings is 1. The molecule has 0 bridgehead atoms. The lowest BCUT2D eigenvalue weighted by Gasteiger charge is -2.09. The first kappa shape index (κ1) is 15.0. The van der Waals surface area contributed by atoms with Gasteiger partial charge >= 0.3 is 11.9 Å². The first-order chi connectivity index (χ1) is 9.96. The van der Waals surface area contributed by atoms with Crippen LogP contribution in [0.5, 0.6) is 0 Å². The van der Waals surface area contributed by atoms with Gasteiger partial charge in [0.1, 0.15) is 0 Å². The summed E-state index contributed by atoms with van der Waals surface area (Å²) in [6.45, 7) is 2.00. The van der Waals surface area contributed by atoms with Gasteiger partial charge in [0.2, 0.25) is 5.91 Å². The molecule has 6 nitrogen and oxygen atoms in total. The van der Waals surface area contributed by atoms with Crippen molar-refractivity contribution < 1.29 is 23.9 Å². The molecular weight excluding hydrogens is 274 g/mol. The molecule has 1 aliphatic carbocycles. The van der Waals surface area contributed by atoms with Gasteiger partial charge < -0.3 is 14.8 Å². The fourth-order valence-electron chi connectivity index (χ4n) is 2.09. The molecule has 112 valence electrons. The van der Waals surface area contributed by atoms with Gasteiger partial charge in [0, 0.05) is 11.6 Å². The zero-order valence-corrected chi connectivity index (χ0v) is 12.1. The van der Waals surface area contributed by atoms with Crippen LogP contribution in [0.15, 0.2) is 18.2 Å². The third kappa shape index (κ3) is 3.39. The molecule has 1 saturated carbocycles. The van der Waals surface area contributed by atoms with Crippen LogP contribution < -0.4 is 5.32 Å². The molecule has 0 saturated heterocycles. The highest BCUT2D eigenvalue weighted by Gasteiger charge is 2.39. The molecule has 21 heavy (non-hydrogen) atoms. The smallest absolute Gasteiger partial charge is 0.337 e. The van der Waals surface area contributed by atoms with Gasteiger partial charge in [-0.3, -0.25) is 4.79 Å². The lowest BCUT2D eigenvalue weighted by molar-refractivity contribution is -0.117. The first-order valence-corrected chi connectivity index (χ1v) is 6.59. The van der Waals surface area contributed by atoms with Crippen LogP contribution in [0.25, 0.3) is 0 Å². The zero-order chi connectivity index (χ0) is 15.6. The van der Waals surface area contributed by atoms with Crippen molar-refractivity contribution in [1.29, 1.82) is 0 Å². The number of hydrogen-bond donors (Lipinski definition) is 1. The number of hydrogen-bond acceptors (Lipinski definition) is 5. The Labute approximate surface area is 122 Å². The van der Waals surface area contributed by atoms with Crippen LogP contribution in [0.1, 0.15) is 34.1 Å². The Bertz CT molecular complexity index is 561. The second-order valence-electron chi connectivity index (χ2n) is 5.09. The van der Waals surface area contributed by atoms with Crippen LogP contribution in [0.2, 0.25) is 0 Å². The fourth-order valence-corrected chi connectivity index (χ4v) is 2.09. The van der Waals surface area contributed by atoms with Crippen molar-refractivity contribution in [3.05, 3.63) is 29.3 Å². The summed E-state index contributed by atoms with van der Waals surface area (Å²) in [5.41, 5.74) is 0.737. The predicted octanol–water partition coefficient (Wildman–Crippen LogP) is 1.85. The molecule has 6 heteroatoms. The van der Waals surface area contributed by atoms with Crippen LogP contribution in [-0.4, -0.2) is 32.1 Å². The van der Waals surface area contributed by atoms with Crippen molar-refractivity contribution in [3.63, 3.8) is 0 Å². The van der Waals surface area contributed by atoms with Crippen molar-refractivity contribution in [3.8, 4) is 0 Å². The average Bonchev–Trinajstić information content (AvgIpc) is 3.22. The van der Waals surface area contributed by atoms with Crippen LogP contribution in [-0.2, 0) is 14.3 Å². The van der Waals surface area contributed by atoms with E-state index >= 15 is 0 Å². The number of nitrogens with one attached hydrogen (secondary N) is 1. The number of ether oxygens (including phenoxy) is 2. The number of amides is 1. The van der Waals surface area contributed by atoms with Gasteiger partial charge in [-0.05, 0) is 30.5 Å². The summed E-state index contributed by atoms with van der Waals surface area (Å²) in [7, 11) is 2.49. The minimum atomic E-state index is -0.587. The van der Waals surface area contributed by atoms with E-state index in [1.54, 1.807) is 0 Å². The summed E-state index contributed by atoms with van der Waals surface area (Å²) in [6, 6.07) is 4.32. The van der Waals surface area contributed by atoms with E-state index in [2.05, 4.69) is 14.8 Å². The minimum Gasteiger partial charge on any atom is -0.465 e. The third-order valence-corrected chi connectivity index (χ3v) is 3.49. The largest absolute Gasteiger partial charge is 0.465 e. The number of anilines is 1. The number of carbonyl (C=O) groups is 3. The Morgan fingerprint density at radius 2 is 1.52 bits per heavy atom. The van der Waals surface area contributed by atoms with Crippen molar-refractivity contribution in [2.24, 2.45) is 11.8 Å². The van der Waals surface area contributed by atoms with E-state index < -0.39 is 11.9 Å². The van der Waals surface area contributed by atoms with Crippen molar-refractivity contribution in [1.82, 2.24) is 0 Å². The van der Waals surface area contributed by atoms with Gasteiger partial charge in [0.05, 0.1) is 25.3 Å². The lowest BCUT2D eigenvalue weighted by Crippen LogP contribution is -2.16. The highest BCUT2D eigenvalue weighted by Crippen LogP contribution is 2.38. The summed E-state index contributed by atoms with van der Waals surface area (Å²) in [4.78, 5) is 35.2. The van der Waals surface area contributed by atoms with Crippen molar-refractivity contribution in [2.75, 3.05) is 19.5 Å².